The second-order valence-electron chi connectivity index (χ2n) is 7.29. The van der Waals surface area contributed by atoms with Gasteiger partial charge in [0.2, 0.25) is 0 Å². The van der Waals surface area contributed by atoms with Gasteiger partial charge in [0, 0.05) is 7.05 Å². The van der Waals surface area contributed by atoms with Gasteiger partial charge in [0.05, 0.1) is 28.5 Å². The van der Waals surface area contributed by atoms with Crippen LogP contribution in [0.15, 0.2) is 70.4 Å². The van der Waals surface area contributed by atoms with Crippen molar-refractivity contribution >= 4 is 15.7 Å². The topological polar surface area (TPSA) is 90.9 Å². The van der Waals surface area contributed by atoms with Crippen LogP contribution in [-0.4, -0.2) is 27.6 Å². The number of para-hydroxylation sites is 2. The molecule has 0 spiro atoms. The Morgan fingerprint density at radius 2 is 1.39 bits per heavy atom. The molecular formula is C22H23N5O3S. The first-order valence-electron chi connectivity index (χ1n) is 9.71. The molecule has 2 aromatic carbocycles. The largest absolute Gasteiger partial charge is 0.296 e. The van der Waals surface area contributed by atoms with Crippen molar-refractivity contribution in [2.75, 3.05) is 4.72 Å². The quantitative estimate of drug-likeness (QED) is 0.519. The molecule has 2 aromatic heterocycles. The normalized spacial score (nSPS) is 11.6. The van der Waals surface area contributed by atoms with Gasteiger partial charge in [-0.05, 0) is 45.0 Å². The van der Waals surface area contributed by atoms with Gasteiger partial charge in [-0.1, -0.05) is 36.4 Å². The van der Waals surface area contributed by atoms with E-state index in [1.54, 1.807) is 49.3 Å². The number of hydrogen-bond donors (Lipinski definition) is 1. The molecule has 31 heavy (non-hydrogen) atoms. The minimum atomic E-state index is -4.05. The highest BCUT2D eigenvalue weighted by molar-refractivity contribution is 7.92. The van der Waals surface area contributed by atoms with Crippen LogP contribution >= 0.6 is 0 Å². The Balaban J connectivity index is 1.80. The summed E-state index contributed by atoms with van der Waals surface area (Å²) in [5, 5.41) is 4.41. The minimum Gasteiger partial charge on any atom is -0.283 e. The lowest BCUT2D eigenvalue weighted by Gasteiger charge is -2.08. The lowest BCUT2D eigenvalue weighted by molar-refractivity contribution is 0.600. The predicted molar refractivity (Wildman–Crippen MR) is 120 cm³/mol. The molecule has 0 aliphatic carbocycles. The van der Waals surface area contributed by atoms with Crippen molar-refractivity contribution in [1.82, 2.24) is 19.1 Å². The van der Waals surface area contributed by atoms with Crippen LogP contribution in [-0.2, 0) is 17.1 Å². The summed E-state index contributed by atoms with van der Waals surface area (Å²) in [4.78, 5) is 13.2. The molecule has 9 heteroatoms. The SMILES string of the molecule is Cc1nn(-c2ccccc2)c(C)c1S(=O)(=O)Nc1c(C)n(C)n(-c2ccccc2)c1=O. The summed E-state index contributed by atoms with van der Waals surface area (Å²) >= 11 is 0. The van der Waals surface area contributed by atoms with Gasteiger partial charge in [-0.3, -0.25) is 14.2 Å². The van der Waals surface area contributed by atoms with Crippen LogP contribution in [0.2, 0.25) is 0 Å². The second-order valence-corrected chi connectivity index (χ2v) is 8.91. The Morgan fingerprint density at radius 1 is 0.839 bits per heavy atom. The molecule has 0 aliphatic rings. The number of aromatic nitrogens is 4. The van der Waals surface area contributed by atoms with Crippen LogP contribution in [0, 0.1) is 20.8 Å². The molecule has 0 bridgehead atoms. The number of aryl methyl sites for hydroxylation is 1. The molecule has 0 saturated heterocycles. The minimum absolute atomic E-state index is 0.0117. The highest BCUT2D eigenvalue weighted by Crippen LogP contribution is 2.25. The van der Waals surface area contributed by atoms with Crippen LogP contribution in [0.3, 0.4) is 0 Å². The number of hydrogen-bond acceptors (Lipinski definition) is 4. The number of rotatable bonds is 5. The van der Waals surface area contributed by atoms with E-state index in [-0.39, 0.29) is 10.6 Å². The van der Waals surface area contributed by atoms with Crippen molar-refractivity contribution in [3.8, 4) is 11.4 Å². The van der Waals surface area contributed by atoms with E-state index >= 15 is 0 Å². The predicted octanol–water partition coefficient (Wildman–Crippen LogP) is 3.09. The summed E-state index contributed by atoms with van der Waals surface area (Å²) in [7, 11) is -2.34. The molecule has 4 aromatic rings. The average Bonchev–Trinajstić information content (AvgIpc) is 3.17. The molecule has 0 atom stereocenters. The summed E-state index contributed by atoms with van der Waals surface area (Å²) in [6.07, 6.45) is 0. The van der Waals surface area contributed by atoms with Gasteiger partial charge in [0.1, 0.15) is 10.6 Å². The number of sulfonamides is 1. The van der Waals surface area contributed by atoms with Gasteiger partial charge in [-0.25, -0.2) is 17.8 Å². The Labute approximate surface area is 180 Å². The first-order chi connectivity index (χ1) is 14.7. The maximum atomic E-state index is 13.3. The van der Waals surface area contributed by atoms with Crippen LogP contribution in [0.25, 0.3) is 11.4 Å². The Bertz CT molecular complexity index is 1420. The lowest BCUT2D eigenvalue weighted by Crippen LogP contribution is -2.23. The fourth-order valence-corrected chi connectivity index (χ4v) is 5.22. The molecule has 0 fully saturated rings. The summed E-state index contributed by atoms with van der Waals surface area (Å²) in [6, 6.07) is 18.4. The maximum Gasteiger partial charge on any atom is 0.296 e. The van der Waals surface area contributed by atoms with Crippen LogP contribution in [0.4, 0.5) is 5.69 Å². The monoisotopic (exact) mass is 437 g/mol. The molecular weight excluding hydrogens is 414 g/mol. The number of anilines is 1. The van der Waals surface area contributed by atoms with E-state index in [1.807, 2.05) is 48.5 Å². The van der Waals surface area contributed by atoms with Crippen molar-refractivity contribution in [2.45, 2.75) is 25.7 Å². The van der Waals surface area contributed by atoms with Gasteiger partial charge >= 0.3 is 0 Å². The van der Waals surface area contributed by atoms with E-state index in [1.165, 1.54) is 4.68 Å². The van der Waals surface area contributed by atoms with E-state index in [9.17, 15) is 13.2 Å². The Morgan fingerprint density at radius 3 is 1.97 bits per heavy atom. The Kier molecular flexibility index (Phi) is 5.06. The van der Waals surface area contributed by atoms with E-state index in [0.29, 0.717) is 22.8 Å². The molecule has 0 amide bonds. The Hall–Kier alpha value is -3.59. The number of nitrogens with zero attached hydrogens (tertiary/aromatic N) is 4. The summed E-state index contributed by atoms with van der Waals surface area (Å²) in [6.45, 7) is 5.04. The lowest BCUT2D eigenvalue weighted by atomic mass is 10.3. The zero-order valence-corrected chi connectivity index (χ0v) is 18.5. The van der Waals surface area contributed by atoms with Gasteiger partial charge in [0.25, 0.3) is 15.6 Å². The molecule has 8 nitrogen and oxygen atoms in total. The molecule has 0 unspecified atom stereocenters. The van der Waals surface area contributed by atoms with Crippen molar-refractivity contribution in [3.05, 3.63) is 88.1 Å². The molecule has 2 heterocycles. The van der Waals surface area contributed by atoms with Crippen molar-refractivity contribution in [2.24, 2.45) is 7.05 Å². The first-order valence-corrected chi connectivity index (χ1v) is 11.2. The standard InChI is InChI=1S/C22H23N5O3S/c1-15-21(17(3)26(23-15)18-11-7-5-8-12-18)31(29,30)24-20-16(2)25(4)27(22(20)28)19-13-9-6-10-14-19/h5-14,24H,1-4H3. The third-order valence-electron chi connectivity index (χ3n) is 5.29. The number of nitrogens with one attached hydrogen (secondary N) is 1. The van der Waals surface area contributed by atoms with Gasteiger partial charge in [-0.15, -0.1) is 0 Å². The second kappa shape index (κ2) is 7.59. The van der Waals surface area contributed by atoms with E-state index in [0.717, 1.165) is 5.69 Å². The van der Waals surface area contributed by atoms with Crippen molar-refractivity contribution in [1.29, 1.82) is 0 Å². The smallest absolute Gasteiger partial charge is 0.283 e. The third-order valence-corrected chi connectivity index (χ3v) is 6.89. The summed E-state index contributed by atoms with van der Waals surface area (Å²) in [5.74, 6) is 0. The zero-order chi connectivity index (χ0) is 22.3. The number of benzene rings is 2. The molecule has 0 radical (unpaired) electrons. The van der Waals surface area contributed by atoms with Crippen LogP contribution in [0.5, 0.6) is 0 Å². The van der Waals surface area contributed by atoms with Gasteiger partial charge in [0.15, 0.2) is 0 Å². The first kappa shape index (κ1) is 20.7. The average molecular weight is 438 g/mol. The van der Waals surface area contributed by atoms with Crippen LogP contribution < -0.4 is 10.3 Å². The molecule has 4 rings (SSSR count). The summed E-state index contributed by atoms with van der Waals surface area (Å²) in [5.41, 5.74) is 2.29. The fraction of sp³-hybridized carbons (Fsp3) is 0.182. The van der Waals surface area contributed by atoms with E-state index in [4.69, 9.17) is 0 Å². The summed E-state index contributed by atoms with van der Waals surface area (Å²) < 4.78 is 33.8. The van der Waals surface area contributed by atoms with E-state index < -0.39 is 15.6 Å². The van der Waals surface area contributed by atoms with Crippen molar-refractivity contribution in [3.63, 3.8) is 0 Å². The third kappa shape index (κ3) is 3.46. The zero-order valence-electron chi connectivity index (χ0n) is 17.7. The molecule has 1 N–H and O–H groups in total. The van der Waals surface area contributed by atoms with E-state index in [2.05, 4.69) is 9.82 Å². The highest BCUT2D eigenvalue weighted by Gasteiger charge is 2.28. The maximum absolute atomic E-state index is 13.3. The van der Waals surface area contributed by atoms with Gasteiger partial charge < -0.3 is 0 Å². The van der Waals surface area contributed by atoms with Crippen LogP contribution in [0.1, 0.15) is 17.1 Å². The highest BCUT2D eigenvalue weighted by atomic mass is 32.2. The molecule has 160 valence electrons. The van der Waals surface area contributed by atoms with Crippen molar-refractivity contribution < 1.29 is 8.42 Å². The molecule has 0 aliphatic heterocycles. The molecule has 0 saturated carbocycles. The van der Waals surface area contributed by atoms with Gasteiger partial charge in [-0.2, -0.15) is 5.10 Å². The fourth-order valence-electron chi connectivity index (χ4n) is 3.71.